The van der Waals surface area contributed by atoms with Crippen LogP contribution in [0.4, 0.5) is 26.2 Å². The molecule has 2 aromatic rings. The number of amides is 3. The van der Waals surface area contributed by atoms with Gasteiger partial charge in [-0.15, -0.1) is 0 Å². The Morgan fingerprint density at radius 3 is 2.45 bits per heavy atom. The highest BCUT2D eigenvalue weighted by atomic mass is 32.2. The first-order chi connectivity index (χ1) is 18.0. The van der Waals surface area contributed by atoms with E-state index in [4.69, 9.17) is 9.57 Å². The summed E-state index contributed by atoms with van der Waals surface area (Å²) in [6.07, 6.45) is -1.19. The summed E-state index contributed by atoms with van der Waals surface area (Å²) in [5, 5.41) is 5.16. The molecular formula is C24H28FN5O7S. The van der Waals surface area contributed by atoms with Gasteiger partial charge in [0.15, 0.2) is 0 Å². The van der Waals surface area contributed by atoms with Crippen LogP contribution >= 0.6 is 0 Å². The number of hydrogen-bond acceptors (Lipinski definition) is 8. The zero-order valence-electron chi connectivity index (χ0n) is 20.8. The number of sulfonamides is 1. The van der Waals surface area contributed by atoms with Crippen LogP contribution in [0.15, 0.2) is 47.4 Å². The molecule has 2 aromatic carbocycles. The lowest BCUT2D eigenvalue weighted by atomic mass is 10.2. The summed E-state index contributed by atoms with van der Waals surface area (Å²) >= 11 is 0. The van der Waals surface area contributed by atoms with Crippen molar-refractivity contribution in [2.75, 3.05) is 54.4 Å². The SMILES string of the molecule is CC(=O)NC[C@H]1CN(c2ccc(N3CCON(S(=O)(=O)c4ccc(NC(C)=O)cc4)CC3)c(F)c2)C(=O)O1. The number of carbonyl (C=O) groups excluding carboxylic acids is 3. The maximum absolute atomic E-state index is 15.1. The summed E-state index contributed by atoms with van der Waals surface area (Å²) < 4.78 is 47.4. The summed E-state index contributed by atoms with van der Waals surface area (Å²) in [5.74, 6) is -1.11. The highest BCUT2D eigenvalue weighted by Crippen LogP contribution is 2.29. The number of rotatable bonds is 7. The van der Waals surface area contributed by atoms with Crippen LogP contribution in [0, 0.1) is 5.82 Å². The van der Waals surface area contributed by atoms with Gasteiger partial charge in [0.05, 0.1) is 42.5 Å². The Balaban J connectivity index is 1.41. The van der Waals surface area contributed by atoms with Gasteiger partial charge in [0.1, 0.15) is 11.9 Å². The fourth-order valence-electron chi connectivity index (χ4n) is 4.11. The van der Waals surface area contributed by atoms with Gasteiger partial charge in [-0.05, 0) is 42.5 Å². The molecule has 2 saturated heterocycles. The normalized spacial score (nSPS) is 18.6. The van der Waals surface area contributed by atoms with Crippen molar-refractivity contribution in [3.05, 3.63) is 48.3 Å². The smallest absolute Gasteiger partial charge is 0.414 e. The molecule has 2 aliphatic rings. The maximum Gasteiger partial charge on any atom is 0.414 e. The number of ether oxygens (including phenoxy) is 1. The van der Waals surface area contributed by atoms with Crippen molar-refractivity contribution in [3.8, 4) is 0 Å². The van der Waals surface area contributed by atoms with Gasteiger partial charge in [-0.25, -0.2) is 17.6 Å². The molecule has 0 bridgehead atoms. The maximum atomic E-state index is 15.1. The molecule has 38 heavy (non-hydrogen) atoms. The molecule has 0 aromatic heterocycles. The van der Waals surface area contributed by atoms with E-state index in [2.05, 4.69) is 10.6 Å². The average molecular weight is 550 g/mol. The molecule has 2 N–H and O–H groups in total. The molecule has 1 atom stereocenters. The van der Waals surface area contributed by atoms with E-state index in [-0.39, 0.29) is 61.7 Å². The van der Waals surface area contributed by atoms with Crippen molar-refractivity contribution in [2.24, 2.45) is 0 Å². The van der Waals surface area contributed by atoms with Crippen LogP contribution in [0.25, 0.3) is 0 Å². The Bertz CT molecular complexity index is 1320. The zero-order chi connectivity index (χ0) is 27.4. The van der Waals surface area contributed by atoms with Crippen molar-refractivity contribution in [1.82, 2.24) is 9.79 Å². The number of cyclic esters (lactones) is 1. The van der Waals surface area contributed by atoms with Crippen LogP contribution in [0.5, 0.6) is 0 Å². The van der Waals surface area contributed by atoms with Gasteiger partial charge >= 0.3 is 6.09 Å². The minimum Gasteiger partial charge on any atom is -0.442 e. The van der Waals surface area contributed by atoms with Crippen LogP contribution in [0.2, 0.25) is 0 Å². The van der Waals surface area contributed by atoms with Crippen molar-refractivity contribution in [1.29, 1.82) is 0 Å². The van der Waals surface area contributed by atoms with E-state index in [0.29, 0.717) is 11.4 Å². The van der Waals surface area contributed by atoms with Gasteiger partial charge < -0.3 is 20.3 Å². The van der Waals surface area contributed by atoms with Crippen molar-refractivity contribution in [3.63, 3.8) is 0 Å². The number of hydrogen-bond donors (Lipinski definition) is 2. The number of anilines is 3. The van der Waals surface area contributed by atoms with Gasteiger partial charge in [-0.2, -0.15) is 0 Å². The predicted octanol–water partition coefficient (Wildman–Crippen LogP) is 1.69. The molecule has 12 nitrogen and oxygen atoms in total. The number of nitrogens with zero attached hydrogens (tertiary/aromatic N) is 3. The summed E-state index contributed by atoms with van der Waals surface area (Å²) in [6, 6.07) is 10.0. The van der Waals surface area contributed by atoms with Gasteiger partial charge in [-0.1, -0.05) is 4.47 Å². The Labute approximate surface area is 219 Å². The molecule has 2 fully saturated rings. The fraction of sp³-hybridized carbons (Fsp3) is 0.375. The third kappa shape index (κ3) is 6.20. The van der Waals surface area contributed by atoms with E-state index in [1.165, 1.54) is 55.1 Å². The molecule has 204 valence electrons. The van der Waals surface area contributed by atoms with Gasteiger partial charge in [0.2, 0.25) is 11.8 Å². The summed E-state index contributed by atoms with van der Waals surface area (Å²) in [5.41, 5.74) is 1.00. The molecule has 14 heteroatoms. The van der Waals surface area contributed by atoms with Gasteiger partial charge in [0, 0.05) is 32.6 Å². The number of hydroxylamine groups is 1. The topological polar surface area (TPSA) is 138 Å². The molecule has 2 heterocycles. The van der Waals surface area contributed by atoms with Crippen LogP contribution < -0.4 is 20.4 Å². The van der Waals surface area contributed by atoms with Gasteiger partial charge in [0.25, 0.3) is 10.0 Å². The van der Waals surface area contributed by atoms with Crippen molar-refractivity contribution >= 4 is 45.0 Å². The van der Waals surface area contributed by atoms with E-state index in [0.717, 1.165) is 4.47 Å². The molecule has 0 radical (unpaired) electrons. The molecular weight excluding hydrogens is 521 g/mol. The zero-order valence-corrected chi connectivity index (χ0v) is 21.7. The van der Waals surface area contributed by atoms with E-state index < -0.39 is 28.0 Å². The Morgan fingerprint density at radius 1 is 1.05 bits per heavy atom. The first kappa shape index (κ1) is 27.3. The lowest BCUT2D eigenvalue weighted by molar-refractivity contribution is -0.119. The molecule has 4 rings (SSSR count). The molecule has 0 aliphatic carbocycles. The monoisotopic (exact) mass is 549 g/mol. The molecule has 0 spiro atoms. The van der Waals surface area contributed by atoms with Crippen LogP contribution in [0.1, 0.15) is 13.8 Å². The van der Waals surface area contributed by atoms with E-state index in [1.54, 1.807) is 11.0 Å². The lowest BCUT2D eigenvalue weighted by Gasteiger charge is -2.24. The second-order valence-corrected chi connectivity index (χ2v) is 10.6. The van der Waals surface area contributed by atoms with Crippen molar-refractivity contribution < 1.29 is 36.8 Å². The third-order valence-electron chi connectivity index (χ3n) is 5.93. The minimum absolute atomic E-state index is 0.00627. The molecule has 2 aliphatic heterocycles. The first-order valence-corrected chi connectivity index (χ1v) is 13.3. The van der Waals surface area contributed by atoms with Gasteiger partial charge in [-0.3, -0.25) is 19.3 Å². The highest BCUT2D eigenvalue weighted by molar-refractivity contribution is 7.89. The number of halogens is 1. The molecule has 0 saturated carbocycles. The summed E-state index contributed by atoms with van der Waals surface area (Å²) in [7, 11) is -3.99. The second-order valence-electron chi connectivity index (χ2n) is 8.75. The fourth-order valence-corrected chi connectivity index (χ4v) is 5.36. The second kappa shape index (κ2) is 11.3. The number of carbonyl (C=O) groups is 3. The Kier molecular flexibility index (Phi) is 8.14. The van der Waals surface area contributed by atoms with Crippen LogP contribution in [0.3, 0.4) is 0 Å². The largest absolute Gasteiger partial charge is 0.442 e. The lowest BCUT2D eigenvalue weighted by Crippen LogP contribution is -2.34. The van der Waals surface area contributed by atoms with E-state index in [1.807, 2.05) is 0 Å². The Morgan fingerprint density at radius 2 is 1.79 bits per heavy atom. The number of benzene rings is 2. The quantitative estimate of drug-likeness (QED) is 0.532. The third-order valence-corrected chi connectivity index (χ3v) is 7.62. The Hall–Kier alpha value is -3.75. The highest BCUT2D eigenvalue weighted by Gasteiger charge is 2.33. The summed E-state index contributed by atoms with van der Waals surface area (Å²) in [4.78, 5) is 43.0. The molecule has 0 unspecified atom stereocenters. The first-order valence-electron chi connectivity index (χ1n) is 11.8. The standard InChI is InChI=1S/C24H28FN5O7S/c1-16(31)26-14-20-15-29(24(33)37-20)19-5-8-23(22(25)13-19)28-9-10-30(36-12-11-28)38(34,35)21-6-3-18(4-7-21)27-17(2)32/h3-8,13,20H,9-12,14-15H2,1-2H3,(H,26,31)(H,27,32)/t20-/m0/s1. The van der Waals surface area contributed by atoms with Crippen LogP contribution in [-0.4, -0.2) is 76.2 Å². The average Bonchev–Trinajstić information content (AvgIpc) is 3.06. The van der Waals surface area contributed by atoms with E-state index >= 15 is 4.39 Å². The van der Waals surface area contributed by atoms with E-state index in [9.17, 15) is 22.8 Å². The summed E-state index contributed by atoms with van der Waals surface area (Å²) in [6.45, 7) is 3.35. The van der Waals surface area contributed by atoms with Crippen LogP contribution in [-0.2, 0) is 29.2 Å². The number of nitrogens with one attached hydrogen (secondary N) is 2. The molecule has 3 amide bonds. The predicted molar refractivity (Wildman–Crippen MR) is 136 cm³/mol. The van der Waals surface area contributed by atoms with Crippen molar-refractivity contribution in [2.45, 2.75) is 24.8 Å². The minimum atomic E-state index is -3.99.